The molecule has 0 aromatic heterocycles. The lowest BCUT2D eigenvalue weighted by molar-refractivity contribution is -0.127. The lowest BCUT2D eigenvalue weighted by atomic mass is 10.1. The summed E-state index contributed by atoms with van der Waals surface area (Å²) in [5, 5.41) is 2.41. The number of ether oxygens (including phenoxy) is 3. The summed E-state index contributed by atoms with van der Waals surface area (Å²) in [5.41, 5.74) is 2.32. The molecule has 5 rings (SSSR count). The Morgan fingerprint density at radius 2 is 1.86 bits per heavy atom. The van der Waals surface area contributed by atoms with Crippen molar-refractivity contribution in [2.45, 2.75) is 6.61 Å². The third-order valence-corrected chi connectivity index (χ3v) is 7.88. The first kappa shape index (κ1) is 29.4. The Morgan fingerprint density at radius 3 is 2.57 bits per heavy atom. The largest absolute Gasteiger partial charge is 0.493 e. The quantitative estimate of drug-likeness (QED) is 0.313. The molecule has 2 heterocycles. The van der Waals surface area contributed by atoms with Crippen molar-refractivity contribution >= 4 is 57.9 Å². The summed E-state index contributed by atoms with van der Waals surface area (Å²) in [6.45, 7) is 2.37. The minimum absolute atomic E-state index is 0.146. The first-order chi connectivity index (χ1) is 20.3. The fraction of sp³-hybridized carbons (Fsp3) is 0.233. The molecular weight excluding hydrogens is 585 g/mol. The van der Waals surface area contributed by atoms with Crippen molar-refractivity contribution in [1.82, 2.24) is 4.90 Å². The number of amides is 3. The van der Waals surface area contributed by atoms with Gasteiger partial charge in [-0.25, -0.2) is 4.39 Å². The molecule has 0 atom stereocenters. The Balaban J connectivity index is 1.23. The number of nitrogens with zero attached hydrogens (tertiary/aromatic N) is 2. The molecule has 3 aromatic rings. The first-order valence-corrected chi connectivity index (χ1v) is 14.2. The number of carbonyl (C=O) groups excluding carboxylic acids is 3. The van der Waals surface area contributed by atoms with Crippen molar-refractivity contribution < 1.29 is 33.0 Å². The van der Waals surface area contributed by atoms with Crippen LogP contribution >= 0.6 is 23.4 Å². The highest BCUT2D eigenvalue weighted by Gasteiger charge is 2.36. The number of imide groups is 1. The number of hydrogen-bond donors (Lipinski definition) is 1. The van der Waals surface area contributed by atoms with Crippen molar-refractivity contribution in [2.75, 3.05) is 50.2 Å². The second kappa shape index (κ2) is 13.3. The molecular formula is C30H27ClFN3O6S. The SMILES string of the molecule is COc1ccc(/C=C2/SC(=O)N(CC(=O)Nc3ccc(N4CCOCC4)cc3)C2=O)cc1OCc1c(F)cccc1Cl. The van der Waals surface area contributed by atoms with E-state index in [1.807, 2.05) is 12.1 Å². The molecule has 0 aliphatic carbocycles. The molecule has 0 spiro atoms. The van der Waals surface area contributed by atoms with E-state index in [0.29, 0.717) is 36.0 Å². The van der Waals surface area contributed by atoms with Crippen LogP contribution in [-0.4, -0.2) is 61.9 Å². The van der Waals surface area contributed by atoms with Crippen LogP contribution in [0.2, 0.25) is 5.02 Å². The van der Waals surface area contributed by atoms with Crippen LogP contribution in [-0.2, 0) is 20.9 Å². The minimum atomic E-state index is -0.584. The van der Waals surface area contributed by atoms with Crippen molar-refractivity contribution in [3.63, 3.8) is 0 Å². The van der Waals surface area contributed by atoms with E-state index in [0.717, 1.165) is 35.4 Å². The summed E-state index contributed by atoms with van der Waals surface area (Å²) in [6, 6.07) is 16.6. The monoisotopic (exact) mass is 611 g/mol. The summed E-state index contributed by atoms with van der Waals surface area (Å²) in [5.74, 6) is -0.893. The third kappa shape index (κ3) is 6.87. The zero-order valence-corrected chi connectivity index (χ0v) is 24.2. The van der Waals surface area contributed by atoms with E-state index in [-0.39, 0.29) is 22.1 Å². The summed E-state index contributed by atoms with van der Waals surface area (Å²) in [7, 11) is 1.47. The van der Waals surface area contributed by atoms with Gasteiger partial charge < -0.3 is 24.4 Å². The van der Waals surface area contributed by atoms with E-state index < -0.39 is 29.4 Å². The summed E-state index contributed by atoms with van der Waals surface area (Å²) >= 11 is 6.84. The van der Waals surface area contributed by atoms with E-state index in [2.05, 4.69) is 10.2 Å². The standard InChI is InChI=1S/C30H27ClFN3O6S/c1-39-25-10-5-19(15-26(25)41-18-22-23(31)3-2-4-24(22)32)16-27-29(37)35(30(38)42-27)17-28(36)33-20-6-8-21(9-7-20)34-11-13-40-14-12-34/h2-10,15-16H,11-14,17-18H2,1H3,(H,33,36)/b27-16+. The average molecular weight is 612 g/mol. The highest BCUT2D eigenvalue weighted by Crippen LogP contribution is 2.35. The van der Waals surface area contributed by atoms with Gasteiger partial charge in [0, 0.05) is 30.0 Å². The maximum atomic E-state index is 14.2. The molecule has 1 N–H and O–H groups in total. The van der Waals surface area contributed by atoms with Crippen LogP contribution in [0.25, 0.3) is 6.08 Å². The van der Waals surface area contributed by atoms with Gasteiger partial charge in [-0.15, -0.1) is 0 Å². The molecule has 2 fully saturated rings. The van der Waals surface area contributed by atoms with Gasteiger partial charge in [0.25, 0.3) is 11.1 Å². The van der Waals surface area contributed by atoms with E-state index in [9.17, 15) is 18.8 Å². The fourth-order valence-corrected chi connectivity index (χ4v) is 5.48. The number of hydrogen-bond acceptors (Lipinski definition) is 8. The Kier molecular flexibility index (Phi) is 9.31. The van der Waals surface area contributed by atoms with Gasteiger partial charge in [-0.2, -0.15) is 0 Å². The predicted molar refractivity (Wildman–Crippen MR) is 160 cm³/mol. The predicted octanol–water partition coefficient (Wildman–Crippen LogP) is 5.58. The lowest BCUT2D eigenvalue weighted by Gasteiger charge is -2.28. The number of carbonyl (C=O) groups is 3. The van der Waals surface area contributed by atoms with Crippen molar-refractivity contribution in [1.29, 1.82) is 0 Å². The average Bonchev–Trinajstić information content (AvgIpc) is 3.25. The van der Waals surface area contributed by atoms with Gasteiger partial charge >= 0.3 is 0 Å². The van der Waals surface area contributed by atoms with Gasteiger partial charge in [-0.05, 0) is 71.9 Å². The van der Waals surface area contributed by atoms with Crippen LogP contribution in [0.4, 0.5) is 20.6 Å². The second-order valence-corrected chi connectivity index (χ2v) is 10.8. The molecule has 0 unspecified atom stereocenters. The number of benzene rings is 3. The lowest BCUT2D eigenvalue weighted by Crippen LogP contribution is -2.36. The van der Waals surface area contributed by atoms with Crippen molar-refractivity contribution in [3.05, 3.63) is 87.5 Å². The van der Waals surface area contributed by atoms with Gasteiger partial charge in [0.15, 0.2) is 11.5 Å². The highest BCUT2D eigenvalue weighted by atomic mass is 35.5. The Morgan fingerprint density at radius 1 is 1.10 bits per heavy atom. The molecule has 218 valence electrons. The van der Waals surface area contributed by atoms with Crippen LogP contribution in [0.1, 0.15) is 11.1 Å². The number of anilines is 2. The summed E-state index contributed by atoms with van der Waals surface area (Å²) in [6.07, 6.45) is 1.52. The van der Waals surface area contributed by atoms with Crippen molar-refractivity contribution in [3.8, 4) is 11.5 Å². The van der Waals surface area contributed by atoms with Crippen LogP contribution in [0.3, 0.4) is 0 Å². The highest BCUT2D eigenvalue weighted by molar-refractivity contribution is 8.18. The smallest absolute Gasteiger partial charge is 0.294 e. The minimum Gasteiger partial charge on any atom is -0.493 e. The zero-order chi connectivity index (χ0) is 29.6. The van der Waals surface area contributed by atoms with Gasteiger partial charge in [0.1, 0.15) is 19.0 Å². The molecule has 0 radical (unpaired) electrons. The van der Waals surface area contributed by atoms with Gasteiger partial charge in [0.2, 0.25) is 5.91 Å². The number of nitrogens with one attached hydrogen (secondary N) is 1. The first-order valence-electron chi connectivity index (χ1n) is 13.0. The normalized spacial score (nSPS) is 16.2. The Bertz CT molecular complexity index is 1510. The maximum absolute atomic E-state index is 14.2. The molecule has 0 bridgehead atoms. The number of methoxy groups -OCH3 is 1. The molecule has 3 amide bonds. The summed E-state index contributed by atoms with van der Waals surface area (Å²) in [4.78, 5) is 41.6. The van der Waals surface area contributed by atoms with Crippen LogP contribution in [0.5, 0.6) is 11.5 Å². The van der Waals surface area contributed by atoms with E-state index in [4.69, 9.17) is 25.8 Å². The number of morpholine rings is 1. The molecule has 2 aliphatic rings. The number of halogens is 2. The second-order valence-electron chi connectivity index (χ2n) is 9.36. The van der Waals surface area contributed by atoms with Gasteiger partial charge in [-0.1, -0.05) is 23.7 Å². The maximum Gasteiger partial charge on any atom is 0.294 e. The molecule has 12 heteroatoms. The molecule has 0 saturated carbocycles. The van der Waals surface area contributed by atoms with Crippen molar-refractivity contribution in [2.24, 2.45) is 0 Å². The zero-order valence-electron chi connectivity index (χ0n) is 22.6. The van der Waals surface area contributed by atoms with Crippen LogP contribution in [0, 0.1) is 5.82 Å². The molecule has 42 heavy (non-hydrogen) atoms. The Hall–Kier alpha value is -4.06. The molecule has 3 aromatic carbocycles. The molecule has 2 aliphatic heterocycles. The number of thioether (sulfide) groups is 1. The van der Waals surface area contributed by atoms with E-state index in [1.165, 1.54) is 25.3 Å². The van der Waals surface area contributed by atoms with Crippen LogP contribution in [0.15, 0.2) is 65.6 Å². The number of rotatable bonds is 9. The summed E-state index contributed by atoms with van der Waals surface area (Å²) < 4.78 is 30.7. The van der Waals surface area contributed by atoms with Gasteiger partial charge in [-0.3, -0.25) is 19.3 Å². The fourth-order valence-electron chi connectivity index (χ4n) is 4.42. The van der Waals surface area contributed by atoms with Gasteiger partial charge in [0.05, 0.1) is 30.3 Å². The van der Waals surface area contributed by atoms with E-state index in [1.54, 1.807) is 36.4 Å². The Labute approximate surface area is 251 Å². The molecule has 9 nitrogen and oxygen atoms in total. The van der Waals surface area contributed by atoms with Crippen LogP contribution < -0.4 is 19.7 Å². The third-order valence-electron chi connectivity index (χ3n) is 6.62. The topological polar surface area (TPSA) is 97.4 Å². The van der Waals surface area contributed by atoms with E-state index >= 15 is 0 Å². The molecule has 2 saturated heterocycles.